The zero-order chi connectivity index (χ0) is 31.0. The van der Waals surface area contributed by atoms with Crippen LogP contribution in [0.1, 0.15) is 75.3 Å². The molecule has 1 fully saturated rings. The molecule has 0 aromatic heterocycles. The van der Waals surface area contributed by atoms with Gasteiger partial charge >= 0.3 is 0 Å². The van der Waals surface area contributed by atoms with Crippen LogP contribution in [-0.4, -0.2) is 55.2 Å². The molecule has 3 amide bonds. The number of hydrogen-bond acceptors (Lipinski definition) is 6. The highest BCUT2D eigenvalue weighted by Gasteiger charge is 2.29. The summed E-state index contributed by atoms with van der Waals surface area (Å²) in [6.45, 7) is 1.68. The Balaban J connectivity index is 1.42. The number of likely N-dealkylation sites (N-methyl/N-ethyl adjacent to an activating group) is 1. The Kier molecular flexibility index (Phi) is 13.7. The lowest BCUT2D eigenvalue weighted by Crippen LogP contribution is -2.50. The highest BCUT2D eigenvalue weighted by atomic mass is 16.8. The number of rotatable bonds is 9. The van der Waals surface area contributed by atoms with Crippen LogP contribution in [0.4, 0.5) is 0 Å². The second-order valence-corrected chi connectivity index (χ2v) is 11.7. The molecule has 1 saturated heterocycles. The predicted octanol–water partition coefficient (Wildman–Crippen LogP) is 5.24. The summed E-state index contributed by atoms with van der Waals surface area (Å²) in [5.74, 6) is -0.693. The predicted molar refractivity (Wildman–Crippen MR) is 168 cm³/mol. The van der Waals surface area contributed by atoms with Gasteiger partial charge in [0.25, 0.3) is 0 Å². The van der Waals surface area contributed by atoms with Crippen molar-refractivity contribution in [1.82, 2.24) is 15.7 Å². The first-order chi connectivity index (χ1) is 21.5. The van der Waals surface area contributed by atoms with E-state index in [0.717, 1.165) is 61.8 Å². The van der Waals surface area contributed by atoms with Gasteiger partial charge in [-0.25, -0.2) is 10.3 Å². The largest absolute Gasteiger partial charge is 0.489 e. The molecule has 0 saturated carbocycles. The highest BCUT2D eigenvalue weighted by Crippen LogP contribution is 2.19. The molecule has 2 N–H and O–H groups in total. The molecule has 2 heterocycles. The Morgan fingerprint density at radius 2 is 1.70 bits per heavy atom. The van der Waals surface area contributed by atoms with Crippen molar-refractivity contribution in [3.8, 4) is 5.75 Å². The van der Waals surface area contributed by atoms with Gasteiger partial charge in [0.15, 0.2) is 6.29 Å². The van der Waals surface area contributed by atoms with Crippen molar-refractivity contribution in [2.75, 3.05) is 20.2 Å². The maximum Gasteiger partial charge on any atom is 0.245 e. The third-order valence-corrected chi connectivity index (χ3v) is 8.05. The van der Waals surface area contributed by atoms with Crippen LogP contribution in [0, 0.1) is 5.92 Å². The number of carbonyl (C=O) groups excluding carboxylic acids is 3. The number of amides is 3. The van der Waals surface area contributed by atoms with Crippen LogP contribution in [0.5, 0.6) is 5.75 Å². The Morgan fingerprint density at radius 3 is 2.45 bits per heavy atom. The van der Waals surface area contributed by atoms with Gasteiger partial charge in [-0.1, -0.05) is 54.6 Å². The van der Waals surface area contributed by atoms with E-state index in [4.69, 9.17) is 14.3 Å². The summed E-state index contributed by atoms with van der Waals surface area (Å²) in [6.07, 6.45) is 11.7. The van der Waals surface area contributed by atoms with Crippen LogP contribution >= 0.6 is 0 Å². The van der Waals surface area contributed by atoms with Crippen molar-refractivity contribution in [3.05, 3.63) is 77.9 Å². The van der Waals surface area contributed by atoms with E-state index in [1.54, 1.807) is 11.9 Å². The fourth-order valence-electron chi connectivity index (χ4n) is 5.42. The molecule has 44 heavy (non-hydrogen) atoms. The Morgan fingerprint density at radius 1 is 0.932 bits per heavy atom. The van der Waals surface area contributed by atoms with Crippen LogP contribution in [-0.2, 0) is 37.0 Å². The van der Waals surface area contributed by atoms with Crippen LogP contribution in [0.25, 0.3) is 0 Å². The second-order valence-electron chi connectivity index (χ2n) is 11.7. The van der Waals surface area contributed by atoms with E-state index >= 15 is 0 Å². The molecule has 4 rings (SSSR count). The lowest BCUT2D eigenvalue weighted by Gasteiger charge is -2.27. The third kappa shape index (κ3) is 11.4. The van der Waals surface area contributed by atoms with Gasteiger partial charge in [-0.05, 0) is 74.6 Å². The van der Waals surface area contributed by atoms with E-state index in [-0.39, 0.29) is 24.1 Å². The minimum atomic E-state index is -0.760. The number of carbonyl (C=O) groups is 3. The molecule has 9 heteroatoms. The van der Waals surface area contributed by atoms with E-state index in [2.05, 4.69) is 22.9 Å². The molecule has 2 aliphatic heterocycles. The summed E-state index contributed by atoms with van der Waals surface area (Å²) in [6, 6.07) is 16.8. The van der Waals surface area contributed by atoms with Crippen LogP contribution < -0.4 is 15.5 Å². The normalized spacial score (nSPS) is 23.1. The number of allylic oxidation sites excluding steroid dienone is 2. The van der Waals surface area contributed by atoms with Gasteiger partial charge in [0.05, 0.1) is 0 Å². The van der Waals surface area contributed by atoms with Crippen molar-refractivity contribution in [3.63, 3.8) is 0 Å². The molecule has 2 aromatic carbocycles. The molecule has 0 aliphatic carbocycles. The maximum absolute atomic E-state index is 13.7. The smallest absolute Gasteiger partial charge is 0.245 e. The summed E-state index contributed by atoms with van der Waals surface area (Å²) in [5.41, 5.74) is 4.46. The molecular weight excluding hydrogens is 558 g/mol. The first-order valence-electron chi connectivity index (χ1n) is 16.0. The van der Waals surface area contributed by atoms with Gasteiger partial charge < -0.3 is 19.7 Å². The summed E-state index contributed by atoms with van der Waals surface area (Å²) in [7, 11) is 1.78. The summed E-state index contributed by atoms with van der Waals surface area (Å²) in [4.78, 5) is 47.2. The molecule has 1 unspecified atom stereocenters. The van der Waals surface area contributed by atoms with Gasteiger partial charge in [0.2, 0.25) is 17.7 Å². The van der Waals surface area contributed by atoms with Crippen molar-refractivity contribution in [2.24, 2.45) is 5.92 Å². The summed E-state index contributed by atoms with van der Waals surface area (Å²) >= 11 is 0. The quantitative estimate of drug-likeness (QED) is 0.299. The third-order valence-electron chi connectivity index (χ3n) is 8.05. The summed E-state index contributed by atoms with van der Waals surface area (Å²) < 4.78 is 11.4. The Hall–Kier alpha value is -3.69. The molecule has 0 radical (unpaired) electrons. The zero-order valence-corrected chi connectivity index (χ0v) is 25.9. The van der Waals surface area contributed by atoms with Crippen molar-refractivity contribution in [2.45, 2.75) is 89.6 Å². The number of hydrogen-bond donors (Lipinski definition) is 2. The van der Waals surface area contributed by atoms with Gasteiger partial charge in [0.1, 0.15) is 18.4 Å². The Bertz CT molecular complexity index is 1200. The standard InChI is InChI=1S/C35H47N3O6/c1-38-22-12-6-4-2-3-5-10-16-29(25-32(39)37-44-33-17-11-13-23-42-33)34(40)36-31(35(38)41)24-27-18-20-30(21-19-27)43-26-28-14-8-7-9-15-28/h2-3,7-9,14-15,18-21,29,31,33H,4-6,10-13,16-17,22-26H2,1H3,(H,36,40)(H,37,39)/b3-2+/t29-,31+,33?/m1/s1. The monoisotopic (exact) mass is 605 g/mol. The molecular formula is C35H47N3O6. The van der Waals surface area contributed by atoms with E-state index < -0.39 is 18.2 Å². The molecule has 238 valence electrons. The number of nitrogens with zero attached hydrogens (tertiary/aromatic N) is 1. The minimum absolute atomic E-state index is 0.0353. The van der Waals surface area contributed by atoms with Gasteiger partial charge in [-0.2, -0.15) is 0 Å². The van der Waals surface area contributed by atoms with Crippen LogP contribution in [0.15, 0.2) is 66.7 Å². The average molecular weight is 606 g/mol. The van der Waals surface area contributed by atoms with E-state index in [1.807, 2.05) is 54.6 Å². The lowest BCUT2D eigenvalue weighted by atomic mass is 9.95. The fourth-order valence-corrected chi connectivity index (χ4v) is 5.42. The number of nitrogens with one attached hydrogen (secondary N) is 2. The molecule has 3 atom stereocenters. The number of benzene rings is 2. The van der Waals surface area contributed by atoms with Crippen LogP contribution in [0.2, 0.25) is 0 Å². The van der Waals surface area contributed by atoms with Crippen LogP contribution in [0.3, 0.4) is 0 Å². The van der Waals surface area contributed by atoms with Gasteiger partial charge in [0, 0.05) is 45.4 Å². The molecule has 2 aromatic rings. The fraction of sp³-hybridized carbons (Fsp3) is 0.514. The van der Waals surface area contributed by atoms with Crippen molar-refractivity contribution >= 4 is 17.7 Å². The first kappa shape index (κ1) is 33.2. The van der Waals surface area contributed by atoms with E-state index in [0.29, 0.717) is 39.0 Å². The van der Waals surface area contributed by atoms with Crippen molar-refractivity contribution in [1.29, 1.82) is 0 Å². The summed E-state index contributed by atoms with van der Waals surface area (Å²) in [5, 5.41) is 3.01. The molecule has 9 nitrogen and oxygen atoms in total. The second kappa shape index (κ2) is 18.2. The van der Waals surface area contributed by atoms with E-state index in [9.17, 15) is 14.4 Å². The minimum Gasteiger partial charge on any atom is -0.489 e. The molecule has 0 bridgehead atoms. The SMILES string of the molecule is CN1CCCC/C=C/CCC[C@H](CC(=O)NOC2CCCCO2)C(=O)N[C@@H](Cc2ccc(OCc3ccccc3)cc2)C1=O. The van der Waals surface area contributed by atoms with Crippen molar-refractivity contribution < 1.29 is 28.7 Å². The average Bonchev–Trinajstić information content (AvgIpc) is 3.05. The number of ether oxygens (including phenoxy) is 2. The van der Waals surface area contributed by atoms with Gasteiger partial charge in [-0.15, -0.1) is 0 Å². The Labute approximate surface area is 261 Å². The zero-order valence-electron chi connectivity index (χ0n) is 25.9. The topological polar surface area (TPSA) is 106 Å². The molecule has 0 spiro atoms. The van der Waals surface area contributed by atoms with E-state index in [1.165, 1.54) is 0 Å². The van der Waals surface area contributed by atoms with Gasteiger partial charge in [-0.3, -0.25) is 14.4 Å². The maximum atomic E-state index is 13.7. The molecule has 2 aliphatic rings. The lowest BCUT2D eigenvalue weighted by molar-refractivity contribution is -0.200. The number of hydroxylamine groups is 1. The first-order valence-corrected chi connectivity index (χ1v) is 16.0. The highest BCUT2D eigenvalue weighted by molar-refractivity contribution is 5.90.